The largest absolute Gasteiger partial charge is 0.357 e. The molecule has 0 bridgehead atoms. The normalized spacial score (nSPS) is 10.4. The number of nitrogens with one attached hydrogen (secondary N) is 1. The van der Waals surface area contributed by atoms with Crippen LogP contribution in [0.3, 0.4) is 0 Å². The molecule has 0 aliphatic heterocycles. The van der Waals surface area contributed by atoms with Crippen molar-refractivity contribution in [3.05, 3.63) is 59.5 Å². The molecule has 1 aromatic heterocycles. The van der Waals surface area contributed by atoms with Gasteiger partial charge in [-0.15, -0.1) is 0 Å². The lowest BCUT2D eigenvalue weighted by atomic mass is 10.1. The van der Waals surface area contributed by atoms with Crippen molar-refractivity contribution >= 4 is 11.7 Å². The molecule has 0 radical (unpaired) electrons. The Morgan fingerprint density at radius 2 is 1.87 bits per heavy atom. The lowest BCUT2D eigenvalue weighted by molar-refractivity contribution is 0.0954. The zero-order chi connectivity index (χ0) is 16.7. The van der Waals surface area contributed by atoms with Crippen LogP contribution in [0.2, 0.25) is 0 Å². The van der Waals surface area contributed by atoms with Gasteiger partial charge in [0.05, 0.1) is 0 Å². The molecule has 23 heavy (non-hydrogen) atoms. The predicted octanol–water partition coefficient (Wildman–Crippen LogP) is 3.04. The third-order valence-corrected chi connectivity index (χ3v) is 3.71. The van der Waals surface area contributed by atoms with E-state index in [1.54, 1.807) is 30.5 Å². The molecule has 0 saturated heterocycles. The van der Waals surface area contributed by atoms with Gasteiger partial charge in [0.25, 0.3) is 5.91 Å². The Hall–Kier alpha value is -2.43. The zero-order valence-electron chi connectivity index (χ0n) is 13.6. The topological polar surface area (TPSA) is 45.2 Å². The van der Waals surface area contributed by atoms with Gasteiger partial charge >= 0.3 is 0 Å². The maximum Gasteiger partial charge on any atom is 0.251 e. The van der Waals surface area contributed by atoms with Crippen LogP contribution in [0.25, 0.3) is 0 Å². The molecule has 0 saturated carbocycles. The van der Waals surface area contributed by atoms with Crippen LogP contribution in [0.15, 0.2) is 42.6 Å². The van der Waals surface area contributed by atoms with Crippen LogP contribution < -0.4 is 10.2 Å². The van der Waals surface area contributed by atoms with Crippen molar-refractivity contribution in [2.24, 2.45) is 0 Å². The first-order valence-electron chi connectivity index (χ1n) is 7.87. The number of rotatable bonds is 7. The Morgan fingerprint density at radius 3 is 2.52 bits per heavy atom. The monoisotopic (exact) mass is 315 g/mol. The van der Waals surface area contributed by atoms with Gasteiger partial charge in [-0.2, -0.15) is 0 Å². The van der Waals surface area contributed by atoms with Crippen molar-refractivity contribution in [1.82, 2.24) is 10.3 Å². The third kappa shape index (κ3) is 4.77. The minimum absolute atomic E-state index is 0.122. The summed E-state index contributed by atoms with van der Waals surface area (Å²) < 4.78 is 12.8. The number of hydrogen-bond donors (Lipinski definition) is 1. The van der Waals surface area contributed by atoms with Crippen LogP contribution >= 0.6 is 0 Å². The number of aromatic nitrogens is 1. The van der Waals surface area contributed by atoms with Gasteiger partial charge in [-0.25, -0.2) is 9.37 Å². The van der Waals surface area contributed by atoms with Crippen molar-refractivity contribution in [1.29, 1.82) is 0 Å². The molecule has 1 amide bonds. The number of pyridine rings is 1. The Kier molecular flexibility index (Phi) is 6.09. The van der Waals surface area contributed by atoms with Crippen molar-refractivity contribution in [2.75, 3.05) is 24.5 Å². The van der Waals surface area contributed by atoms with E-state index in [0.29, 0.717) is 18.5 Å². The number of carbonyl (C=O) groups excluding carboxylic acids is 1. The van der Waals surface area contributed by atoms with Gasteiger partial charge in [0, 0.05) is 31.4 Å². The molecule has 0 fully saturated rings. The maximum atomic E-state index is 12.8. The Balaban J connectivity index is 1.92. The summed E-state index contributed by atoms with van der Waals surface area (Å²) in [5, 5.41) is 2.89. The van der Waals surface area contributed by atoms with E-state index in [-0.39, 0.29) is 11.7 Å². The Morgan fingerprint density at radius 1 is 1.17 bits per heavy atom. The molecule has 0 spiro atoms. The van der Waals surface area contributed by atoms with Gasteiger partial charge in [0.2, 0.25) is 0 Å². The predicted molar refractivity (Wildman–Crippen MR) is 90.2 cm³/mol. The fourth-order valence-corrected chi connectivity index (χ4v) is 2.35. The lowest BCUT2D eigenvalue weighted by Gasteiger charge is -2.20. The molecule has 2 rings (SSSR count). The van der Waals surface area contributed by atoms with Gasteiger partial charge in [0.15, 0.2) is 0 Å². The molecule has 0 aliphatic rings. The van der Waals surface area contributed by atoms with Gasteiger partial charge in [-0.3, -0.25) is 4.79 Å². The number of anilines is 1. The van der Waals surface area contributed by atoms with Crippen LogP contribution in [0.4, 0.5) is 10.2 Å². The molecule has 0 unspecified atom stereocenters. The second-order valence-electron chi connectivity index (χ2n) is 5.21. The molecule has 5 heteroatoms. The van der Waals surface area contributed by atoms with Gasteiger partial charge in [-0.1, -0.05) is 12.1 Å². The van der Waals surface area contributed by atoms with Crippen molar-refractivity contribution in [2.45, 2.75) is 20.3 Å². The second kappa shape index (κ2) is 8.27. The smallest absolute Gasteiger partial charge is 0.251 e. The average Bonchev–Trinajstić information content (AvgIpc) is 2.58. The molecule has 0 atom stereocenters. The summed E-state index contributed by atoms with van der Waals surface area (Å²) in [5.74, 6) is 0.433. The van der Waals surface area contributed by atoms with E-state index in [2.05, 4.69) is 29.0 Å². The van der Waals surface area contributed by atoms with Crippen molar-refractivity contribution in [3.8, 4) is 0 Å². The first-order valence-corrected chi connectivity index (χ1v) is 7.87. The van der Waals surface area contributed by atoms with Crippen LogP contribution in [0.5, 0.6) is 0 Å². The van der Waals surface area contributed by atoms with Crippen LogP contribution in [-0.4, -0.2) is 30.5 Å². The van der Waals surface area contributed by atoms with Gasteiger partial charge in [-0.05, 0) is 50.1 Å². The highest BCUT2D eigenvalue weighted by Gasteiger charge is 2.09. The highest BCUT2D eigenvalue weighted by atomic mass is 19.1. The number of nitrogens with zero attached hydrogens (tertiary/aromatic N) is 2. The fourth-order valence-electron chi connectivity index (χ4n) is 2.35. The zero-order valence-corrected chi connectivity index (χ0v) is 13.6. The lowest BCUT2D eigenvalue weighted by Crippen LogP contribution is -2.27. The first kappa shape index (κ1) is 16.9. The molecule has 122 valence electrons. The summed E-state index contributed by atoms with van der Waals surface area (Å²) in [4.78, 5) is 18.6. The summed E-state index contributed by atoms with van der Waals surface area (Å²) in [6.45, 7) is 6.31. The second-order valence-corrected chi connectivity index (χ2v) is 5.21. The van der Waals surface area contributed by atoms with Crippen LogP contribution in [0, 0.1) is 5.82 Å². The van der Waals surface area contributed by atoms with Gasteiger partial charge in [0.1, 0.15) is 11.6 Å². The number of benzene rings is 1. The van der Waals surface area contributed by atoms with E-state index >= 15 is 0 Å². The fraction of sp³-hybridized carbons (Fsp3) is 0.333. The molecular formula is C18H22FN3O. The van der Waals surface area contributed by atoms with E-state index in [0.717, 1.165) is 24.5 Å². The van der Waals surface area contributed by atoms with E-state index in [1.807, 2.05) is 0 Å². The summed E-state index contributed by atoms with van der Waals surface area (Å²) in [5.41, 5.74) is 1.59. The van der Waals surface area contributed by atoms with E-state index in [4.69, 9.17) is 0 Å². The van der Waals surface area contributed by atoms with Crippen molar-refractivity contribution < 1.29 is 9.18 Å². The minimum atomic E-state index is -0.251. The Labute approximate surface area is 136 Å². The summed E-state index contributed by atoms with van der Waals surface area (Å²) >= 11 is 0. The molecular weight excluding hydrogens is 293 g/mol. The summed E-state index contributed by atoms with van der Waals surface area (Å²) in [6, 6.07) is 9.83. The number of hydrogen-bond acceptors (Lipinski definition) is 3. The third-order valence-electron chi connectivity index (χ3n) is 3.71. The average molecular weight is 315 g/mol. The molecule has 1 aromatic carbocycles. The first-order chi connectivity index (χ1) is 11.1. The standard InChI is InChI=1S/C18H22FN3O/c1-3-22(4-2)17-13-15(10-12-20-17)18(23)21-11-9-14-5-7-16(19)8-6-14/h5-8,10,12-13H,3-4,9,11H2,1-2H3,(H,21,23). The van der Waals surface area contributed by atoms with E-state index in [9.17, 15) is 9.18 Å². The quantitative estimate of drug-likeness (QED) is 0.854. The maximum absolute atomic E-state index is 12.8. The van der Waals surface area contributed by atoms with Crippen LogP contribution in [0.1, 0.15) is 29.8 Å². The molecule has 0 aliphatic carbocycles. The Bertz CT molecular complexity index is 639. The highest BCUT2D eigenvalue weighted by molar-refractivity contribution is 5.94. The molecule has 1 heterocycles. The summed E-state index contributed by atoms with van der Waals surface area (Å²) in [7, 11) is 0. The van der Waals surface area contributed by atoms with E-state index in [1.165, 1.54) is 12.1 Å². The summed E-state index contributed by atoms with van der Waals surface area (Å²) in [6.07, 6.45) is 2.32. The SMILES string of the molecule is CCN(CC)c1cc(C(=O)NCCc2ccc(F)cc2)ccn1. The minimum Gasteiger partial charge on any atom is -0.357 e. The van der Waals surface area contributed by atoms with Crippen LogP contribution in [-0.2, 0) is 6.42 Å². The number of amides is 1. The number of carbonyl (C=O) groups is 1. The van der Waals surface area contributed by atoms with E-state index < -0.39 is 0 Å². The highest BCUT2D eigenvalue weighted by Crippen LogP contribution is 2.12. The van der Waals surface area contributed by atoms with Crippen molar-refractivity contribution in [3.63, 3.8) is 0 Å². The molecule has 4 nitrogen and oxygen atoms in total. The molecule has 1 N–H and O–H groups in total. The van der Waals surface area contributed by atoms with Gasteiger partial charge < -0.3 is 10.2 Å². The molecule has 2 aromatic rings. The number of halogens is 1.